The number of aliphatic hydroxyl groups is 1. The Bertz CT molecular complexity index is 302. The topological polar surface area (TPSA) is 32.3 Å². The third-order valence-corrected chi connectivity index (χ3v) is 2.17. The average Bonchev–Trinajstić information content (AvgIpc) is 2.28. The van der Waals surface area contributed by atoms with Gasteiger partial charge < -0.3 is 10.4 Å². The molecule has 1 aromatic rings. The smallest absolute Gasteiger partial charge is 0.0673 e. The highest BCUT2D eigenvalue weighted by Crippen LogP contribution is 1.98. The van der Waals surface area contributed by atoms with Crippen LogP contribution in [0.15, 0.2) is 30.3 Å². The van der Waals surface area contributed by atoms with Gasteiger partial charge in [0.1, 0.15) is 0 Å². The van der Waals surface area contributed by atoms with Gasteiger partial charge in [-0.1, -0.05) is 30.3 Å². The van der Waals surface area contributed by atoms with Crippen molar-refractivity contribution < 1.29 is 5.11 Å². The van der Waals surface area contributed by atoms with E-state index in [1.807, 2.05) is 18.2 Å². The summed E-state index contributed by atoms with van der Waals surface area (Å²) in [7, 11) is 0. The first-order valence-corrected chi connectivity index (χ1v) is 5.19. The second kappa shape index (κ2) is 7.05. The van der Waals surface area contributed by atoms with Gasteiger partial charge in [-0.05, 0) is 12.0 Å². The van der Waals surface area contributed by atoms with E-state index in [1.165, 1.54) is 5.56 Å². The molecule has 2 nitrogen and oxygen atoms in total. The van der Waals surface area contributed by atoms with Crippen LogP contribution in [0, 0.1) is 12.3 Å². The van der Waals surface area contributed by atoms with E-state index in [-0.39, 0.29) is 6.10 Å². The summed E-state index contributed by atoms with van der Waals surface area (Å²) in [5.41, 5.74) is 1.22. The van der Waals surface area contributed by atoms with E-state index in [1.54, 1.807) is 0 Å². The molecule has 15 heavy (non-hydrogen) atoms. The molecule has 1 atom stereocenters. The van der Waals surface area contributed by atoms with Crippen molar-refractivity contribution >= 4 is 0 Å². The van der Waals surface area contributed by atoms with Crippen LogP contribution < -0.4 is 5.32 Å². The second-order valence-electron chi connectivity index (χ2n) is 3.51. The summed E-state index contributed by atoms with van der Waals surface area (Å²) in [5, 5.41) is 12.7. The monoisotopic (exact) mass is 203 g/mol. The normalized spacial score (nSPS) is 12.0. The molecule has 0 aliphatic rings. The lowest BCUT2D eigenvalue weighted by atomic mass is 10.2. The summed E-state index contributed by atoms with van der Waals surface area (Å²) in [6, 6.07) is 10.1. The number of rotatable bonds is 6. The lowest BCUT2D eigenvalue weighted by molar-refractivity contribution is 0.163. The fourth-order valence-corrected chi connectivity index (χ4v) is 1.33. The molecule has 0 amide bonds. The summed E-state index contributed by atoms with van der Waals surface area (Å²) in [6.45, 7) is 1.38. The standard InChI is InChI=1S/C13H17NO/c1-2-3-9-13(15)11-14-10-12-7-5-4-6-8-12/h1,4-8,13-15H,3,9-11H2/t13-/m1/s1. The zero-order valence-electron chi connectivity index (χ0n) is 8.82. The van der Waals surface area contributed by atoms with Crippen LogP contribution in [-0.4, -0.2) is 17.8 Å². The molecule has 0 saturated heterocycles. The highest BCUT2D eigenvalue weighted by Gasteiger charge is 2.01. The van der Waals surface area contributed by atoms with Crippen LogP contribution in [0.25, 0.3) is 0 Å². The Morgan fingerprint density at radius 1 is 1.33 bits per heavy atom. The third kappa shape index (κ3) is 5.21. The van der Waals surface area contributed by atoms with Crippen LogP contribution in [0.4, 0.5) is 0 Å². The van der Waals surface area contributed by atoms with Crippen molar-refractivity contribution in [3.8, 4) is 12.3 Å². The average molecular weight is 203 g/mol. The molecule has 0 saturated carbocycles. The molecule has 0 unspecified atom stereocenters. The van der Waals surface area contributed by atoms with E-state index in [9.17, 15) is 5.11 Å². The minimum Gasteiger partial charge on any atom is -0.392 e. The minimum absolute atomic E-state index is 0.343. The minimum atomic E-state index is -0.343. The lowest BCUT2D eigenvalue weighted by Crippen LogP contribution is -2.26. The van der Waals surface area contributed by atoms with E-state index >= 15 is 0 Å². The first-order valence-electron chi connectivity index (χ1n) is 5.19. The van der Waals surface area contributed by atoms with Gasteiger partial charge in [-0.15, -0.1) is 12.3 Å². The van der Waals surface area contributed by atoms with Crippen molar-refractivity contribution in [3.63, 3.8) is 0 Å². The first kappa shape index (κ1) is 11.8. The van der Waals surface area contributed by atoms with Crippen molar-refractivity contribution in [2.24, 2.45) is 0 Å². The van der Waals surface area contributed by atoms with Gasteiger partial charge in [-0.3, -0.25) is 0 Å². The van der Waals surface area contributed by atoms with Crippen molar-refractivity contribution in [1.29, 1.82) is 0 Å². The molecule has 2 N–H and O–H groups in total. The van der Waals surface area contributed by atoms with Crippen molar-refractivity contribution in [2.75, 3.05) is 6.54 Å². The van der Waals surface area contributed by atoms with Crippen LogP contribution in [0.5, 0.6) is 0 Å². The zero-order valence-corrected chi connectivity index (χ0v) is 8.82. The Hall–Kier alpha value is -1.30. The molecule has 0 fully saturated rings. The van der Waals surface area contributed by atoms with Gasteiger partial charge in [-0.25, -0.2) is 0 Å². The van der Waals surface area contributed by atoms with Gasteiger partial charge >= 0.3 is 0 Å². The molecule has 1 rings (SSSR count). The molecule has 0 heterocycles. The van der Waals surface area contributed by atoms with Crippen molar-refractivity contribution in [3.05, 3.63) is 35.9 Å². The Balaban J connectivity index is 2.14. The van der Waals surface area contributed by atoms with Crippen LogP contribution >= 0.6 is 0 Å². The van der Waals surface area contributed by atoms with Gasteiger partial charge in [-0.2, -0.15) is 0 Å². The quantitative estimate of drug-likeness (QED) is 0.688. The Morgan fingerprint density at radius 3 is 2.73 bits per heavy atom. The number of hydrogen-bond acceptors (Lipinski definition) is 2. The summed E-state index contributed by atoms with van der Waals surface area (Å²) in [6.07, 6.45) is 6.07. The van der Waals surface area contributed by atoms with E-state index in [4.69, 9.17) is 6.42 Å². The summed E-state index contributed by atoms with van der Waals surface area (Å²) >= 11 is 0. The SMILES string of the molecule is C#CCC[C@@H](O)CNCc1ccccc1. The number of hydrogen-bond donors (Lipinski definition) is 2. The largest absolute Gasteiger partial charge is 0.392 e. The number of terminal acetylenes is 1. The number of benzene rings is 1. The number of aliphatic hydroxyl groups excluding tert-OH is 1. The molecule has 0 radical (unpaired) electrons. The highest BCUT2D eigenvalue weighted by atomic mass is 16.3. The molecule has 0 aliphatic heterocycles. The van der Waals surface area contributed by atoms with E-state index in [0.717, 1.165) is 6.54 Å². The van der Waals surface area contributed by atoms with Crippen molar-refractivity contribution in [2.45, 2.75) is 25.5 Å². The molecule has 0 bridgehead atoms. The van der Waals surface area contributed by atoms with E-state index in [0.29, 0.717) is 19.4 Å². The van der Waals surface area contributed by atoms with Crippen LogP contribution in [0.2, 0.25) is 0 Å². The maximum atomic E-state index is 9.50. The molecule has 0 spiro atoms. The Kier molecular flexibility index (Phi) is 5.54. The predicted octanol–water partition coefficient (Wildman–Crippen LogP) is 1.55. The molecular weight excluding hydrogens is 186 g/mol. The van der Waals surface area contributed by atoms with Crippen LogP contribution in [0.3, 0.4) is 0 Å². The van der Waals surface area contributed by atoms with Crippen molar-refractivity contribution in [1.82, 2.24) is 5.32 Å². The summed E-state index contributed by atoms with van der Waals surface area (Å²) in [5.74, 6) is 2.52. The second-order valence-corrected chi connectivity index (χ2v) is 3.51. The summed E-state index contributed by atoms with van der Waals surface area (Å²) < 4.78 is 0. The lowest BCUT2D eigenvalue weighted by Gasteiger charge is -2.10. The van der Waals surface area contributed by atoms with Crippen LogP contribution in [0.1, 0.15) is 18.4 Å². The summed E-state index contributed by atoms with van der Waals surface area (Å²) in [4.78, 5) is 0. The molecule has 0 aliphatic carbocycles. The maximum absolute atomic E-state index is 9.50. The highest BCUT2D eigenvalue weighted by molar-refractivity contribution is 5.14. The molecule has 0 aromatic heterocycles. The van der Waals surface area contributed by atoms with E-state index < -0.39 is 0 Å². The Morgan fingerprint density at radius 2 is 2.07 bits per heavy atom. The van der Waals surface area contributed by atoms with Gasteiger partial charge in [0.05, 0.1) is 6.10 Å². The molecular formula is C13H17NO. The zero-order chi connectivity index (χ0) is 10.9. The van der Waals surface area contributed by atoms with Crippen LogP contribution in [-0.2, 0) is 6.54 Å². The predicted molar refractivity (Wildman–Crippen MR) is 62.2 cm³/mol. The van der Waals surface area contributed by atoms with Gasteiger partial charge in [0, 0.05) is 19.5 Å². The molecule has 2 heteroatoms. The first-order chi connectivity index (χ1) is 7.33. The fraction of sp³-hybridized carbons (Fsp3) is 0.385. The molecule has 1 aromatic carbocycles. The van der Waals surface area contributed by atoms with Gasteiger partial charge in [0.25, 0.3) is 0 Å². The Labute approximate surface area is 91.3 Å². The number of nitrogens with one attached hydrogen (secondary N) is 1. The third-order valence-electron chi connectivity index (χ3n) is 2.17. The van der Waals surface area contributed by atoms with E-state index in [2.05, 4.69) is 23.4 Å². The van der Waals surface area contributed by atoms with Gasteiger partial charge in [0.2, 0.25) is 0 Å². The van der Waals surface area contributed by atoms with Gasteiger partial charge in [0.15, 0.2) is 0 Å². The fourth-order valence-electron chi connectivity index (χ4n) is 1.33. The molecule has 80 valence electrons. The maximum Gasteiger partial charge on any atom is 0.0673 e.